The number of hydrogen-bond acceptors (Lipinski definition) is 2. The number of benzene rings is 2. The van der Waals surface area contributed by atoms with E-state index in [1.807, 2.05) is 37.3 Å². The van der Waals surface area contributed by atoms with Crippen molar-refractivity contribution < 1.29 is 9.59 Å². The van der Waals surface area contributed by atoms with Gasteiger partial charge in [-0.3, -0.25) is 9.59 Å². The molecule has 0 bridgehead atoms. The number of amides is 2. The first-order chi connectivity index (χ1) is 10.1. The highest BCUT2D eigenvalue weighted by molar-refractivity contribution is 5.88. The minimum absolute atomic E-state index is 0.225. The maximum Gasteiger partial charge on any atom is 0.244 e. The van der Waals surface area contributed by atoms with Gasteiger partial charge >= 0.3 is 0 Å². The first kappa shape index (κ1) is 14.8. The van der Waals surface area contributed by atoms with Crippen molar-refractivity contribution in [1.82, 2.24) is 5.32 Å². The van der Waals surface area contributed by atoms with Gasteiger partial charge in [0.15, 0.2) is 0 Å². The van der Waals surface area contributed by atoms with Crippen LogP contribution in [0.25, 0.3) is 0 Å². The minimum atomic E-state index is -0.803. The summed E-state index contributed by atoms with van der Waals surface area (Å²) in [6, 6.07) is 15.8. The van der Waals surface area contributed by atoms with E-state index in [9.17, 15) is 9.59 Å². The molecule has 0 aliphatic rings. The molecule has 0 aliphatic heterocycles. The Morgan fingerprint density at radius 2 is 1.67 bits per heavy atom. The van der Waals surface area contributed by atoms with Crippen LogP contribution in [0.4, 0.5) is 0 Å². The molecule has 0 radical (unpaired) electrons. The van der Waals surface area contributed by atoms with Crippen LogP contribution in [-0.4, -0.2) is 11.8 Å². The number of nitrogens with two attached hydrogens (primary N) is 1. The predicted octanol–water partition coefficient (Wildman–Crippen LogP) is 1.88. The lowest BCUT2D eigenvalue weighted by atomic mass is 10.0. The molecule has 0 saturated heterocycles. The summed E-state index contributed by atoms with van der Waals surface area (Å²) in [4.78, 5) is 23.7. The Kier molecular flexibility index (Phi) is 4.72. The van der Waals surface area contributed by atoms with E-state index in [0.717, 1.165) is 11.1 Å². The van der Waals surface area contributed by atoms with Crippen LogP contribution >= 0.6 is 0 Å². The molecule has 0 aromatic heterocycles. The Balaban J connectivity index is 2.10. The molecular formula is C17H18N2O2. The molecule has 21 heavy (non-hydrogen) atoms. The van der Waals surface area contributed by atoms with Gasteiger partial charge in [0.1, 0.15) is 6.04 Å². The van der Waals surface area contributed by atoms with Crippen molar-refractivity contribution in [3.63, 3.8) is 0 Å². The van der Waals surface area contributed by atoms with E-state index in [4.69, 9.17) is 5.73 Å². The zero-order chi connectivity index (χ0) is 15.2. The molecule has 0 aliphatic carbocycles. The normalized spacial score (nSPS) is 11.7. The first-order valence-corrected chi connectivity index (χ1v) is 6.76. The van der Waals surface area contributed by atoms with Crippen LogP contribution in [0.1, 0.15) is 22.7 Å². The second-order valence-corrected chi connectivity index (χ2v) is 4.92. The van der Waals surface area contributed by atoms with Gasteiger partial charge in [-0.1, -0.05) is 54.6 Å². The van der Waals surface area contributed by atoms with Crippen LogP contribution in [0.3, 0.4) is 0 Å². The predicted molar refractivity (Wildman–Crippen MR) is 81.4 cm³/mol. The number of aryl methyl sites for hydroxylation is 1. The van der Waals surface area contributed by atoms with Crippen molar-refractivity contribution in [3.8, 4) is 0 Å². The van der Waals surface area contributed by atoms with E-state index < -0.39 is 11.9 Å². The number of hydrogen-bond donors (Lipinski definition) is 2. The van der Waals surface area contributed by atoms with Crippen molar-refractivity contribution in [1.29, 1.82) is 0 Å². The van der Waals surface area contributed by atoms with Crippen LogP contribution < -0.4 is 11.1 Å². The van der Waals surface area contributed by atoms with E-state index >= 15 is 0 Å². The van der Waals surface area contributed by atoms with Crippen LogP contribution in [-0.2, 0) is 16.0 Å². The van der Waals surface area contributed by atoms with E-state index in [1.54, 1.807) is 24.3 Å². The molecule has 0 heterocycles. The fourth-order valence-corrected chi connectivity index (χ4v) is 2.16. The molecule has 108 valence electrons. The third kappa shape index (κ3) is 3.92. The Hall–Kier alpha value is -2.62. The van der Waals surface area contributed by atoms with Crippen LogP contribution in [0.5, 0.6) is 0 Å². The zero-order valence-corrected chi connectivity index (χ0v) is 11.9. The summed E-state index contributed by atoms with van der Waals surface area (Å²) in [6.07, 6.45) is 0.225. The maximum atomic E-state index is 12.1. The lowest BCUT2D eigenvalue weighted by Gasteiger charge is -2.16. The highest BCUT2D eigenvalue weighted by Crippen LogP contribution is 2.13. The summed E-state index contributed by atoms with van der Waals surface area (Å²) >= 11 is 0. The molecule has 0 saturated carbocycles. The van der Waals surface area contributed by atoms with Gasteiger partial charge in [0.2, 0.25) is 11.8 Å². The van der Waals surface area contributed by atoms with E-state index in [0.29, 0.717) is 5.56 Å². The third-order valence-electron chi connectivity index (χ3n) is 3.34. The third-order valence-corrected chi connectivity index (χ3v) is 3.34. The van der Waals surface area contributed by atoms with E-state index in [1.165, 1.54) is 0 Å². The van der Waals surface area contributed by atoms with E-state index in [2.05, 4.69) is 5.32 Å². The number of carbonyl (C=O) groups is 2. The van der Waals surface area contributed by atoms with Crippen LogP contribution in [0.2, 0.25) is 0 Å². The van der Waals surface area contributed by atoms with Gasteiger partial charge < -0.3 is 11.1 Å². The number of nitrogens with one attached hydrogen (secondary N) is 1. The largest absolute Gasteiger partial charge is 0.368 e. The lowest BCUT2D eigenvalue weighted by Crippen LogP contribution is -2.38. The summed E-state index contributed by atoms with van der Waals surface area (Å²) in [6.45, 7) is 1.95. The fraction of sp³-hybridized carbons (Fsp3) is 0.176. The molecule has 4 nitrogen and oxygen atoms in total. The van der Waals surface area contributed by atoms with Crippen molar-refractivity contribution in [2.45, 2.75) is 19.4 Å². The Labute approximate surface area is 124 Å². The van der Waals surface area contributed by atoms with Crippen molar-refractivity contribution >= 4 is 11.8 Å². The Bertz CT molecular complexity index is 638. The molecule has 2 aromatic carbocycles. The van der Waals surface area contributed by atoms with Crippen molar-refractivity contribution in [3.05, 3.63) is 71.3 Å². The summed E-state index contributed by atoms with van der Waals surface area (Å²) in [5.74, 6) is -0.795. The van der Waals surface area contributed by atoms with E-state index in [-0.39, 0.29) is 12.3 Å². The standard InChI is InChI=1S/C17H18N2O2/c1-12-7-5-6-10-14(12)11-15(20)19-16(17(18)21)13-8-3-2-4-9-13/h2-10,16H,11H2,1H3,(H2,18,21)(H,19,20)/t16-/m0/s1. The molecule has 2 rings (SSSR count). The van der Waals surface area contributed by atoms with Crippen LogP contribution in [0, 0.1) is 6.92 Å². The first-order valence-electron chi connectivity index (χ1n) is 6.76. The second-order valence-electron chi connectivity index (χ2n) is 4.92. The molecule has 3 N–H and O–H groups in total. The SMILES string of the molecule is Cc1ccccc1CC(=O)N[C@H](C(N)=O)c1ccccc1. The molecular weight excluding hydrogens is 264 g/mol. The van der Waals surface area contributed by atoms with Crippen LogP contribution in [0.15, 0.2) is 54.6 Å². The topological polar surface area (TPSA) is 72.2 Å². The average Bonchev–Trinajstić information content (AvgIpc) is 2.48. The summed E-state index contributed by atoms with van der Waals surface area (Å²) < 4.78 is 0. The second kappa shape index (κ2) is 6.70. The highest BCUT2D eigenvalue weighted by atomic mass is 16.2. The van der Waals surface area contributed by atoms with Gasteiger partial charge in [0.25, 0.3) is 0 Å². The average molecular weight is 282 g/mol. The zero-order valence-electron chi connectivity index (χ0n) is 11.9. The minimum Gasteiger partial charge on any atom is -0.368 e. The van der Waals surface area contributed by atoms with Crippen molar-refractivity contribution in [2.75, 3.05) is 0 Å². The van der Waals surface area contributed by atoms with Gasteiger partial charge in [-0.05, 0) is 23.6 Å². The van der Waals surface area contributed by atoms with Gasteiger partial charge in [-0.2, -0.15) is 0 Å². The summed E-state index contributed by atoms with van der Waals surface area (Å²) in [5.41, 5.74) is 8.05. The molecule has 0 spiro atoms. The lowest BCUT2D eigenvalue weighted by molar-refractivity contribution is -0.127. The quantitative estimate of drug-likeness (QED) is 0.879. The summed E-state index contributed by atoms with van der Waals surface area (Å²) in [7, 11) is 0. The monoisotopic (exact) mass is 282 g/mol. The summed E-state index contributed by atoms with van der Waals surface area (Å²) in [5, 5.41) is 2.69. The highest BCUT2D eigenvalue weighted by Gasteiger charge is 2.20. The molecule has 0 unspecified atom stereocenters. The number of rotatable bonds is 5. The van der Waals surface area contributed by atoms with Gasteiger partial charge in [-0.15, -0.1) is 0 Å². The molecule has 0 fully saturated rings. The molecule has 1 atom stereocenters. The molecule has 2 aromatic rings. The number of carbonyl (C=O) groups excluding carboxylic acids is 2. The fourth-order valence-electron chi connectivity index (χ4n) is 2.16. The van der Waals surface area contributed by atoms with Gasteiger partial charge in [0, 0.05) is 0 Å². The van der Waals surface area contributed by atoms with Gasteiger partial charge in [-0.25, -0.2) is 0 Å². The van der Waals surface area contributed by atoms with Gasteiger partial charge in [0.05, 0.1) is 6.42 Å². The molecule has 2 amide bonds. The maximum absolute atomic E-state index is 12.1. The molecule has 4 heteroatoms. The Morgan fingerprint density at radius 3 is 2.29 bits per heavy atom. The Morgan fingerprint density at radius 1 is 1.05 bits per heavy atom. The smallest absolute Gasteiger partial charge is 0.244 e. The van der Waals surface area contributed by atoms with Crippen molar-refractivity contribution in [2.24, 2.45) is 5.73 Å². The number of primary amides is 1.